The van der Waals surface area contributed by atoms with E-state index in [4.69, 9.17) is 4.74 Å². The second-order valence-electron chi connectivity index (χ2n) is 9.28. The predicted molar refractivity (Wildman–Crippen MR) is 101 cm³/mol. The van der Waals surface area contributed by atoms with Crippen LogP contribution >= 0.6 is 0 Å². The number of nitrogens with zero attached hydrogens (tertiary/aromatic N) is 2. The lowest BCUT2D eigenvalue weighted by Gasteiger charge is -2.37. The molecule has 0 aromatic heterocycles. The first-order valence-electron chi connectivity index (χ1n) is 10.0. The Morgan fingerprint density at radius 2 is 1.92 bits per heavy atom. The lowest BCUT2D eigenvalue weighted by Crippen LogP contribution is -2.47. The molecule has 2 aliphatic heterocycles. The Balaban J connectivity index is 1.49. The van der Waals surface area contributed by atoms with Crippen molar-refractivity contribution in [3.05, 3.63) is 11.6 Å². The molecule has 3 fully saturated rings. The zero-order valence-electron chi connectivity index (χ0n) is 16.8. The molecule has 1 amide bonds. The fourth-order valence-electron chi connectivity index (χ4n) is 4.80. The highest BCUT2D eigenvalue weighted by Crippen LogP contribution is 2.60. The maximum Gasteiger partial charge on any atom is 0.226 e. The number of likely N-dealkylation sites (tertiary alicyclic amines) is 1. The van der Waals surface area contributed by atoms with Gasteiger partial charge in [-0.3, -0.25) is 4.79 Å². The Morgan fingerprint density at radius 1 is 1.24 bits per heavy atom. The Hall–Kier alpha value is -0.870. The maximum atomic E-state index is 13.0. The Kier molecular flexibility index (Phi) is 5.60. The van der Waals surface area contributed by atoms with Crippen LogP contribution in [-0.4, -0.2) is 61.6 Å². The molecule has 0 aromatic rings. The van der Waals surface area contributed by atoms with Gasteiger partial charge in [-0.2, -0.15) is 0 Å². The van der Waals surface area contributed by atoms with Crippen LogP contribution in [-0.2, 0) is 9.53 Å². The first-order valence-corrected chi connectivity index (χ1v) is 10.0. The molecule has 1 aliphatic carbocycles. The fourth-order valence-corrected chi connectivity index (χ4v) is 4.80. The zero-order valence-corrected chi connectivity index (χ0v) is 16.8. The van der Waals surface area contributed by atoms with E-state index >= 15 is 0 Å². The number of allylic oxidation sites excluding steroid dienone is 2. The highest BCUT2D eigenvalue weighted by molar-refractivity contribution is 5.84. The summed E-state index contributed by atoms with van der Waals surface area (Å²) in [5.74, 6) is 1.65. The van der Waals surface area contributed by atoms with E-state index in [0.717, 1.165) is 39.1 Å². The summed E-state index contributed by atoms with van der Waals surface area (Å²) < 4.78 is 5.50. The molecule has 142 valence electrons. The van der Waals surface area contributed by atoms with Gasteiger partial charge in [0.05, 0.1) is 12.5 Å². The minimum Gasteiger partial charge on any atom is -0.381 e. The van der Waals surface area contributed by atoms with Crippen molar-refractivity contribution in [2.45, 2.75) is 53.0 Å². The number of carbonyl (C=O) groups excluding carboxylic acids is 1. The quantitative estimate of drug-likeness (QED) is 0.716. The third-order valence-electron chi connectivity index (χ3n) is 6.68. The smallest absolute Gasteiger partial charge is 0.226 e. The van der Waals surface area contributed by atoms with Gasteiger partial charge >= 0.3 is 0 Å². The van der Waals surface area contributed by atoms with Gasteiger partial charge in [0.15, 0.2) is 0 Å². The average Bonchev–Trinajstić information content (AvgIpc) is 2.92. The summed E-state index contributed by atoms with van der Waals surface area (Å²) in [7, 11) is 2.03. The normalized spacial score (nSPS) is 32.4. The zero-order chi connectivity index (χ0) is 18.2. The van der Waals surface area contributed by atoms with Gasteiger partial charge in [0, 0.05) is 39.3 Å². The molecular formula is C21H36N2O2. The lowest BCUT2D eigenvalue weighted by molar-refractivity contribution is -0.135. The molecule has 3 rings (SSSR count). The van der Waals surface area contributed by atoms with Crippen LogP contribution in [0.5, 0.6) is 0 Å². The number of hydrogen-bond acceptors (Lipinski definition) is 3. The first-order chi connectivity index (χ1) is 11.8. The minimum absolute atomic E-state index is 0.117. The molecule has 3 aliphatic rings. The monoisotopic (exact) mass is 348 g/mol. The van der Waals surface area contributed by atoms with Crippen LogP contribution in [0.15, 0.2) is 11.6 Å². The van der Waals surface area contributed by atoms with E-state index in [1.807, 2.05) is 7.05 Å². The molecule has 0 aromatic carbocycles. The third-order valence-corrected chi connectivity index (χ3v) is 6.68. The molecule has 4 heteroatoms. The van der Waals surface area contributed by atoms with Crippen molar-refractivity contribution in [1.82, 2.24) is 9.80 Å². The molecule has 4 nitrogen and oxygen atoms in total. The van der Waals surface area contributed by atoms with Crippen molar-refractivity contribution in [3.63, 3.8) is 0 Å². The van der Waals surface area contributed by atoms with Gasteiger partial charge in [-0.15, -0.1) is 0 Å². The van der Waals surface area contributed by atoms with Crippen LogP contribution < -0.4 is 0 Å². The lowest BCUT2D eigenvalue weighted by atomic mass is 10.00. The van der Waals surface area contributed by atoms with E-state index in [9.17, 15) is 4.79 Å². The van der Waals surface area contributed by atoms with Crippen molar-refractivity contribution in [2.75, 3.05) is 39.9 Å². The van der Waals surface area contributed by atoms with Gasteiger partial charge in [-0.1, -0.05) is 25.5 Å². The number of rotatable bonds is 5. The molecule has 2 saturated heterocycles. The highest BCUT2D eigenvalue weighted by atomic mass is 16.5. The largest absolute Gasteiger partial charge is 0.381 e. The van der Waals surface area contributed by atoms with Gasteiger partial charge in [0.2, 0.25) is 5.91 Å². The van der Waals surface area contributed by atoms with Crippen LogP contribution in [0, 0.1) is 23.2 Å². The number of ether oxygens (including phenoxy) is 1. The Labute approximate surface area is 153 Å². The van der Waals surface area contributed by atoms with Crippen LogP contribution in [0.3, 0.4) is 0 Å². The molecule has 0 radical (unpaired) electrons. The summed E-state index contributed by atoms with van der Waals surface area (Å²) in [6, 6.07) is 0.410. The maximum absolute atomic E-state index is 13.0. The van der Waals surface area contributed by atoms with Crippen molar-refractivity contribution in [1.29, 1.82) is 0 Å². The summed E-state index contributed by atoms with van der Waals surface area (Å²) in [5, 5.41) is 0. The van der Waals surface area contributed by atoms with Gasteiger partial charge in [0.1, 0.15) is 0 Å². The number of hydrogen-bond donors (Lipinski definition) is 0. The fraction of sp³-hybridized carbons (Fsp3) is 0.857. The van der Waals surface area contributed by atoms with Crippen LogP contribution in [0.2, 0.25) is 0 Å². The summed E-state index contributed by atoms with van der Waals surface area (Å²) in [6.45, 7) is 14.0. The minimum atomic E-state index is 0.117. The molecule has 0 unspecified atom stereocenters. The van der Waals surface area contributed by atoms with Crippen molar-refractivity contribution in [2.24, 2.45) is 23.2 Å². The Bertz CT molecular complexity index is 510. The summed E-state index contributed by atoms with van der Waals surface area (Å²) in [6.07, 6.45) is 5.72. The average molecular weight is 349 g/mol. The van der Waals surface area contributed by atoms with Crippen molar-refractivity contribution < 1.29 is 9.53 Å². The van der Waals surface area contributed by atoms with E-state index in [-0.39, 0.29) is 11.3 Å². The highest BCUT2D eigenvalue weighted by Gasteiger charge is 2.61. The molecule has 0 spiro atoms. The molecular weight excluding hydrogens is 312 g/mol. The number of amides is 1. The van der Waals surface area contributed by atoms with Gasteiger partial charge in [-0.05, 0) is 50.4 Å². The standard InChI is InChI=1S/C21H36N2O2/c1-15(2)12-18-19(21(18,3)4)20(24)22(5)17-6-9-23(10-7-17)13-16-8-11-25-14-16/h12,16-19H,6-11,13-14H2,1-5H3/t16-,18+,19+/m0/s1. The van der Waals surface area contributed by atoms with Crippen molar-refractivity contribution >= 4 is 5.91 Å². The van der Waals surface area contributed by atoms with Crippen LogP contribution in [0.25, 0.3) is 0 Å². The second kappa shape index (κ2) is 7.40. The summed E-state index contributed by atoms with van der Waals surface area (Å²) >= 11 is 0. The Morgan fingerprint density at radius 3 is 2.48 bits per heavy atom. The van der Waals surface area contributed by atoms with Crippen LogP contribution in [0.1, 0.15) is 47.0 Å². The molecule has 3 atom stereocenters. The third kappa shape index (κ3) is 4.11. The molecule has 25 heavy (non-hydrogen) atoms. The van der Waals surface area contributed by atoms with E-state index in [2.05, 4.69) is 43.6 Å². The second-order valence-corrected chi connectivity index (χ2v) is 9.28. The van der Waals surface area contributed by atoms with E-state index in [0.29, 0.717) is 23.8 Å². The summed E-state index contributed by atoms with van der Waals surface area (Å²) in [5.41, 5.74) is 1.44. The van der Waals surface area contributed by atoms with E-state index in [1.165, 1.54) is 18.5 Å². The summed E-state index contributed by atoms with van der Waals surface area (Å²) in [4.78, 5) is 17.7. The molecule has 2 heterocycles. The number of piperidine rings is 1. The van der Waals surface area contributed by atoms with Crippen LogP contribution in [0.4, 0.5) is 0 Å². The predicted octanol–water partition coefficient (Wildman–Crippen LogP) is 3.18. The molecule has 0 N–H and O–H groups in total. The van der Waals surface area contributed by atoms with E-state index < -0.39 is 0 Å². The first kappa shape index (κ1) is 18.9. The SMILES string of the molecule is CC(C)=C[C@@H]1[C@H](C(=O)N(C)C2CCN(C[C@@H]3CCOC3)CC2)C1(C)C. The molecule has 1 saturated carbocycles. The van der Waals surface area contributed by atoms with Gasteiger partial charge in [-0.25, -0.2) is 0 Å². The topological polar surface area (TPSA) is 32.8 Å². The number of carbonyl (C=O) groups is 1. The van der Waals surface area contributed by atoms with E-state index in [1.54, 1.807) is 0 Å². The van der Waals surface area contributed by atoms with Gasteiger partial charge in [0.25, 0.3) is 0 Å². The van der Waals surface area contributed by atoms with Gasteiger partial charge < -0.3 is 14.5 Å². The van der Waals surface area contributed by atoms with Crippen molar-refractivity contribution in [3.8, 4) is 0 Å². The molecule has 0 bridgehead atoms.